The molecule has 2 atom stereocenters. The Labute approximate surface area is 75.3 Å². The Hall–Kier alpha value is 0.290. The van der Waals surface area contributed by atoms with Crippen LogP contribution in [0.1, 0.15) is 46.5 Å². The minimum Gasteiger partial charge on any atom is -0.123 e. The van der Waals surface area contributed by atoms with Crippen molar-refractivity contribution >= 4 is 11.6 Å². The molecule has 0 aliphatic heterocycles. The van der Waals surface area contributed by atoms with E-state index in [1.807, 2.05) is 0 Å². The zero-order chi connectivity index (χ0) is 8.48. The first-order valence-corrected chi connectivity index (χ1v) is 5.08. The first kappa shape index (κ1) is 9.38. The lowest BCUT2D eigenvalue weighted by Gasteiger charge is -2.35. The molecule has 0 aromatic carbocycles. The lowest BCUT2D eigenvalue weighted by atomic mass is 9.72. The number of halogens is 1. The van der Waals surface area contributed by atoms with Crippen LogP contribution in [0.15, 0.2) is 0 Å². The zero-order valence-corrected chi connectivity index (χ0v) is 8.62. The van der Waals surface area contributed by atoms with Crippen molar-refractivity contribution in [2.45, 2.75) is 51.8 Å². The van der Waals surface area contributed by atoms with Crippen molar-refractivity contribution in [3.8, 4) is 0 Å². The molecule has 0 nitrogen and oxygen atoms in total. The largest absolute Gasteiger partial charge is 0.123 e. The fourth-order valence-corrected chi connectivity index (χ4v) is 2.29. The van der Waals surface area contributed by atoms with Crippen molar-refractivity contribution < 1.29 is 0 Å². The van der Waals surface area contributed by atoms with Crippen LogP contribution in [0.2, 0.25) is 0 Å². The fraction of sp³-hybridized carbons (Fsp3) is 1.00. The van der Waals surface area contributed by atoms with Crippen LogP contribution in [-0.4, -0.2) is 5.38 Å². The lowest BCUT2D eigenvalue weighted by Crippen LogP contribution is -2.27. The summed E-state index contributed by atoms with van der Waals surface area (Å²) < 4.78 is 0. The van der Waals surface area contributed by atoms with E-state index in [1.54, 1.807) is 0 Å². The molecule has 66 valence electrons. The van der Waals surface area contributed by atoms with E-state index >= 15 is 0 Å². The highest BCUT2D eigenvalue weighted by molar-refractivity contribution is 6.20. The average molecular weight is 175 g/mol. The van der Waals surface area contributed by atoms with Gasteiger partial charge >= 0.3 is 0 Å². The van der Waals surface area contributed by atoms with Gasteiger partial charge in [0.15, 0.2) is 0 Å². The molecule has 0 spiro atoms. The summed E-state index contributed by atoms with van der Waals surface area (Å²) in [7, 11) is 0. The van der Waals surface area contributed by atoms with Crippen LogP contribution in [-0.2, 0) is 0 Å². The van der Waals surface area contributed by atoms with Crippen molar-refractivity contribution in [3.63, 3.8) is 0 Å². The SMILES string of the molecule is CC(C)(C)[C@@H]1CCC[C@H](Cl)C1. The van der Waals surface area contributed by atoms with Gasteiger partial charge in [0.1, 0.15) is 0 Å². The van der Waals surface area contributed by atoms with Crippen LogP contribution in [0.25, 0.3) is 0 Å². The molecule has 0 unspecified atom stereocenters. The predicted octanol–water partition coefficient (Wildman–Crippen LogP) is 3.83. The summed E-state index contributed by atoms with van der Waals surface area (Å²) in [4.78, 5) is 0. The monoisotopic (exact) mass is 174 g/mol. The molecular formula is C10H19Cl. The van der Waals surface area contributed by atoms with E-state index < -0.39 is 0 Å². The Morgan fingerprint density at radius 3 is 2.18 bits per heavy atom. The molecule has 1 heteroatoms. The second kappa shape index (κ2) is 3.35. The van der Waals surface area contributed by atoms with Crippen molar-refractivity contribution in [1.82, 2.24) is 0 Å². The molecule has 11 heavy (non-hydrogen) atoms. The van der Waals surface area contributed by atoms with Gasteiger partial charge in [-0.3, -0.25) is 0 Å². The van der Waals surface area contributed by atoms with E-state index in [9.17, 15) is 0 Å². The van der Waals surface area contributed by atoms with Crippen molar-refractivity contribution in [1.29, 1.82) is 0 Å². The molecule has 0 radical (unpaired) electrons. The van der Waals surface area contributed by atoms with Gasteiger partial charge in [-0.15, -0.1) is 11.6 Å². The van der Waals surface area contributed by atoms with Gasteiger partial charge < -0.3 is 0 Å². The molecule has 0 heterocycles. The third-order valence-electron chi connectivity index (χ3n) is 2.83. The Morgan fingerprint density at radius 1 is 1.18 bits per heavy atom. The Kier molecular flexibility index (Phi) is 2.85. The normalized spacial score (nSPS) is 33.8. The van der Waals surface area contributed by atoms with E-state index in [0.29, 0.717) is 10.8 Å². The fourth-order valence-electron chi connectivity index (χ4n) is 1.92. The van der Waals surface area contributed by atoms with Gasteiger partial charge in [0.25, 0.3) is 0 Å². The highest BCUT2D eigenvalue weighted by Gasteiger charge is 2.29. The van der Waals surface area contributed by atoms with Crippen LogP contribution in [0, 0.1) is 11.3 Å². The van der Waals surface area contributed by atoms with Crippen LogP contribution >= 0.6 is 11.6 Å². The number of hydrogen-bond donors (Lipinski definition) is 0. The van der Waals surface area contributed by atoms with Gasteiger partial charge in [-0.25, -0.2) is 0 Å². The summed E-state index contributed by atoms with van der Waals surface area (Å²) in [5, 5.41) is 0.452. The summed E-state index contributed by atoms with van der Waals surface area (Å²) in [5.74, 6) is 0.846. The minimum atomic E-state index is 0.452. The third kappa shape index (κ3) is 2.66. The predicted molar refractivity (Wildman–Crippen MR) is 51.1 cm³/mol. The van der Waals surface area contributed by atoms with E-state index in [4.69, 9.17) is 11.6 Å². The maximum atomic E-state index is 6.12. The zero-order valence-electron chi connectivity index (χ0n) is 7.86. The van der Waals surface area contributed by atoms with Crippen molar-refractivity contribution in [2.24, 2.45) is 11.3 Å². The van der Waals surface area contributed by atoms with E-state index in [2.05, 4.69) is 20.8 Å². The maximum absolute atomic E-state index is 6.12. The number of hydrogen-bond acceptors (Lipinski definition) is 0. The molecule has 1 aliphatic rings. The molecule has 1 saturated carbocycles. The highest BCUT2D eigenvalue weighted by atomic mass is 35.5. The minimum absolute atomic E-state index is 0.452. The summed E-state index contributed by atoms with van der Waals surface area (Å²) in [6, 6.07) is 0. The number of rotatable bonds is 0. The second-order valence-electron chi connectivity index (χ2n) is 4.83. The molecule has 1 rings (SSSR count). The smallest absolute Gasteiger partial charge is 0.0338 e. The molecule has 1 aliphatic carbocycles. The molecule has 0 aromatic rings. The Morgan fingerprint density at radius 2 is 1.82 bits per heavy atom. The summed E-state index contributed by atoms with van der Waals surface area (Å²) in [6.07, 6.45) is 5.17. The lowest BCUT2D eigenvalue weighted by molar-refractivity contribution is 0.182. The van der Waals surface area contributed by atoms with Crippen LogP contribution in [0.5, 0.6) is 0 Å². The summed E-state index contributed by atoms with van der Waals surface area (Å²) >= 11 is 6.12. The van der Waals surface area contributed by atoms with Gasteiger partial charge in [-0.2, -0.15) is 0 Å². The van der Waals surface area contributed by atoms with Gasteiger partial charge in [0.05, 0.1) is 0 Å². The molecule has 0 aromatic heterocycles. The average Bonchev–Trinajstić information content (AvgIpc) is 1.86. The topological polar surface area (TPSA) is 0 Å². The van der Waals surface area contributed by atoms with Crippen LogP contribution < -0.4 is 0 Å². The Bertz CT molecular complexity index is 123. The molecule has 0 saturated heterocycles. The third-order valence-corrected chi connectivity index (χ3v) is 3.23. The number of alkyl halides is 1. The van der Waals surface area contributed by atoms with Gasteiger partial charge in [-0.1, -0.05) is 27.2 Å². The Balaban J connectivity index is 2.46. The first-order valence-electron chi connectivity index (χ1n) is 4.64. The molecule has 0 bridgehead atoms. The second-order valence-corrected chi connectivity index (χ2v) is 5.44. The molecule has 0 N–H and O–H groups in total. The van der Waals surface area contributed by atoms with E-state index in [1.165, 1.54) is 25.7 Å². The summed E-state index contributed by atoms with van der Waals surface area (Å²) in [5.41, 5.74) is 0.466. The molecule has 1 fully saturated rings. The quantitative estimate of drug-likeness (QED) is 0.490. The van der Waals surface area contributed by atoms with Gasteiger partial charge in [0.2, 0.25) is 0 Å². The van der Waals surface area contributed by atoms with Gasteiger partial charge in [-0.05, 0) is 30.6 Å². The van der Waals surface area contributed by atoms with Crippen LogP contribution in [0.4, 0.5) is 0 Å². The van der Waals surface area contributed by atoms with Gasteiger partial charge in [0, 0.05) is 5.38 Å². The van der Waals surface area contributed by atoms with E-state index in [-0.39, 0.29) is 0 Å². The standard InChI is InChI=1S/C10H19Cl/c1-10(2,3)8-5-4-6-9(11)7-8/h8-9H,4-7H2,1-3H3/t8-,9+/m1/s1. The van der Waals surface area contributed by atoms with Crippen molar-refractivity contribution in [3.05, 3.63) is 0 Å². The highest BCUT2D eigenvalue weighted by Crippen LogP contribution is 2.39. The molecular weight excluding hydrogens is 156 g/mol. The maximum Gasteiger partial charge on any atom is 0.0338 e. The summed E-state index contributed by atoms with van der Waals surface area (Å²) in [6.45, 7) is 6.98. The van der Waals surface area contributed by atoms with Crippen LogP contribution in [0.3, 0.4) is 0 Å². The molecule has 0 amide bonds. The van der Waals surface area contributed by atoms with E-state index in [0.717, 1.165) is 5.92 Å². The van der Waals surface area contributed by atoms with Crippen molar-refractivity contribution in [2.75, 3.05) is 0 Å². The first-order chi connectivity index (χ1) is 5.00.